The fourth-order valence-corrected chi connectivity index (χ4v) is 4.16. The van der Waals surface area contributed by atoms with Crippen molar-refractivity contribution in [3.05, 3.63) is 47.8 Å². The zero-order chi connectivity index (χ0) is 23.4. The number of hydrogen-bond acceptors (Lipinski definition) is 7. The Morgan fingerprint density at radius 3 is 2.42 bits per heavy atom. The van der Waals surface area contributed by atoms with E-state index in [1.165, 1.54) is 12.8 Å². The number of anilines is 1. The number of hydrogen-bond donors (Lipinski definition) is 1. The summed E-state index contributed by atoms with van der Waals surface area (Å²) >= 11 is 0. The van der Waals surface area contributed by atoms with Gasteiger partial charge in [-0.25, -0.2) is 9.97 Å². The summed E-state index contributed by atoms with van der Waals surface area (Å²) in [5, 5.41) is 3.51. The van der Waals surface area contributed by atoms with Crippen molar-refractivity contribution in [3.63, 3.8) is 0 Å². The Bertz CT molecular complexity index is 1050. The molecule has 0 saturated heterocycles. The molecule has 1 fully saturated rings. The highest BCUT2D eigenvalue weighted by Crippen LogP contribution is 2.32. The van der Waals surface area contributed by atoms with Gasteiger partial charge in [0, 0.05) is 19.2 Å². The van der Waals surface area contributed by atoms with Crippen LogP contribution in [0.3, 0.4) is 0 Å². The molecule has 1 aliphatic rings. The molecule has 33 heavy (non-hydrogen) atoms. The summed E-state index contributed by atoms with van der Waals surface area (Å²) in [6.07, 6.45) is 6.69. The van der Waals surface area contributed by atoms with E-state index in [0.717, 1.165) is 47.1 Å². The molecule has 3 aromatic rings. The van der Waals surface area contributed by atoms with E-state index in [1.54, 1.807) is 0 Å². The number of benzene rings is 1. The highest BCUT2D eigenvalue weighted by Gasteiger charge is 2.20. The van der Waals surface area contributed by atoms with Crippen LogP contribution in [0.2, 0.25) is 0 Å². The minimum absolute atomic E-state index is 0.125. The van der Waals surface area contributed by atoms with Gasteiger partial charge in [0.1, 0.15) is 23.8 Å². The fourth-order valence-electron chi connectivity index (χ4n) is 4.16. The van der Waals surface area contributed by atoms with Gasteiger partial charge < -0.3 is 19.2 Å². The summed E-state index contributed by atoms with van der Waals surface area (Å²) < 4.78 is 17.5. The van der Waals surface area contributed by atoms with Gasteiger partial charge in [-0.15, -0.1) is 0 Å². The molecular formula is C26H34N4O3. The number of nitrogens with zero attached hydrogens (tertiary/aromatic N) is 3. The van der Waals surface area contributed by atoms with Gasteiger partial charge in [-0.05, 0) is 70.1 Å². The SMILES string of the molecule is Cc1nc(COc2nc(NC3CCC(C)CC3)ncc2-c2ccc(OC(C)C)cc2)c(C)o1. The number of nitrogens with one attached hydrogen (secondary N) is 1. The number of rotatable bonds is 8. The van der Waals surface area contributed by atoms with Crippen LogP contribution in [-0.2, 0) is 6.61 Å². The Labute approximate surface area is 196 Å². The molecule has 7 nitrogen and oxygen atoms in total. The molecule has 4 rings (SSSR count). The van der Waals surface area contributed by atoms with Crippen molar-refractivity contribution >= 4 is 5.95 Å². The van der Waals surface area contributed by atoms with E-state index in [-0.39, 0.29) is 12.7 Å². The maximum absolute atomic E-state index is 6.17. The molecule has 0 aliphatic heterocycles. The second kappa shape index (κ2) is 10.2. The third kappa shape index (κ3) is 6.03. The van der Waals surface area contributed by atoms with E-state index in [0.29, 0.717) is 23.8 Å². The molecule has 176 valence electrons. The van der Waals surface area contributed by atoms with Gasteiger partial charge in [0.05, 0.1) is 11.7 Å². The molecule has 0 atom stereocenters. The summed E-state index contributed by atoms with van der Waals surface area (Å²) in [6, 6.07) is 8.32. The summed E-state index contributed by atoms with van der Waals surface area (Å²) in [6.45, 7) is 10.4. The Balaban J connectivity index is 1.57. The van der Waals surface area contributed by atoms with Gasteiger partial charge in [0.15, 0.2) is 5.89 Å². The molecule has 0 radical (unpaired) electrons. The van der Waals surface area contributed by atoms with Crippen molar-refractivity contribution in [3.8, 4) is 22.8 Å². The normalized spacial score (nSPS) is 18.4. The van der Waals surface area contributed by atoms with Crippen molar-refractivity contribution in [2.24, 2.45) is 5.92 Å². The zero-order valence-corrected chi connectivity index (χ0v) is 20.2. The zero-order valence-electron chi connectivity index (χ0n) is 20.2. The van der Waals surface area contributed by atoms with Crippen LogP contribution in [-0.4, -0.2) is 27.1 Å². The molecule has 7 heteroatoms. The first-order valence-electron chi connectivity index (χ1n) is 11.8. The third-order valence-electron chi connectivity index (χ3n) is 5.99. The number of aromatic nitrogens is 3. The third-order valence-corrected chi connectivity index (χ3v) is 5.99. The van der Waals surface area contributed by atoms with Crippen molar-refractivity contribution in [1.82, 2.24) is 15.0 Å². The van der Waals surface area contributed by atoms with Crippen LogP contribution in [0.15, 0.2) is 34.9 Å². The van der Waals surface area contributed by atoms with Crippen LogP contribution in [0, 0.1) is 19.8 Å². The Kier molecular flexibility index (Phi) is 7.16. The van der Waals surface area contributed by atoms with E-state index in [4.69, 9.17) is 18.9 Å². The predicted molar refractivity (Wildman–Crippen MR) is 129 cm³/mol. The summed E-state index contributed by atoms with van der Waals surface area (Å²) in [7, 11) is 0. The van der Waals surface area contributed by atoms with Crippen molar-refractivity contribution in [1.29, 1.82) is 0 Å². The second-order valence-corrected chi connectivity index (χ2v) is 9.23. The molecule has 1 aliphatic carbocycles. The minimum Gasteiger partial charge on any atom is -0.491 e. The van der Waals surface area contributed by atoms with Crippen LogP contribution in [0.1, 0.15) is 63.8 Å². The summed E-state index contributed by atoms with van der Waals surface area (Å²) in [5.41, 5.74) is 2.56. The van der Waals surface area contributed by atoms with Gasteiger partial charge >= 0.3 is 0 Å². The van der Waals surface area contributed by atoms with Crippen LogP contribution >= 0.6 is 0 Å². The molecule has 2 heterocycles. The van der Waals surface area contributed by atoms with Crippen molar-refractivity contribution in [2.45, 2.75) is 79.1 Å². The highest BCUT2D eigenvalue weighted by molar-refractivity contribution is 5.69. The maximum Gasteiger partial charge on any atom is 0.226 e. The molecule has 2 aromatic heterocycles. The molecular weight excluding hydrogens is 416 g/mol. The van der Waals surface area contributed by atoms with Crippen LogP contribution in [0.5, 0.6) is 11.6 Å². The first-order valence-corrected chi connectivity index (χ1v) is 11.8. The lowest BCUT2D eigenvalue weighted by atomic mass is 9.87. The average Bonchev–Trinajstić information content (AvgIpc) is 3.11. The lowest BCUT2D eigenvalue weighted by molar-refractivity contribution is 0.242. The number of aryl methyl sites for hydroxylation is 2. The number of ether oxygens (including phenoxy) is 2. The Morgan fingerprint density at radius 1 is 1.06 bits per heavy atom. The quantitative estimate of drug-likeness (QED) is 0.443. The van der Waals surface area contributed by atoms with Crippen LogP contribution in [0.4, 0.5) is 5.95 Å². The topological polar surface area (TPSA) is 82.3 Å². The van der Waals surface area contributed by atoms with Gasteiger partial charge in [0.25, 0.3) is 0 Å². The molecule has 1 N–H and O–H groups in total. The Morgan fingerprint density at radius 2 is 1.79 bits per heavy atom. The lowest BCUT2D eigenvalue weighted by Crippen LogP contribution is -2.26. The summed E-state index contributed by atoms with van der Waals surface area (Å²) in [4.78, 5) is 13.8. The van der Waals surface area contributed by atoms with Gasteiger partial charge in [-0.2, -0.15) is 4.98 Å². The molecule has 0 bridgehead atoms. The van der Waals surface area contributed by atoms with Crippen molar-refractivity contribution < 1.29 is 13.9 Å². The van der Waals surface area contributed by atoms with Gasteiger partial charge in [-0.1, -0.05) is 19.1 Å². The van der Waals surface area contributed by atoms with E-state index in [9.17, 15) is 0 Å². The molecule has 1 aromatic carbocycles. The van der Waals surface area contributed by atoms with Crippen LogP contribution in [0.25, 0.3) is 11.1 Å². The molecule has 0 spiro atoms. The Hall–Kier alpha value is -3.09. The fraction of sp³-hybridized carbons (Fsp3) is 0.500. The highest BCUT2D eigenvalue weighted by atomic mass is 16.5. The average molecular weight is 451 g/mol. The predicted octanol–water partition coefficient (Wildman–Crippen LogP) is 6.11. The van der Waals surface area contributed by atoms with E-state index in [1.807, 2.05) is 58.2 Å². The van der Waals surface area contributed by atoms with Gasteiger partial charge in [-0.3, -0.25) is 0 Å². The van der Waals surface area contributed by atoms with Gasteiger partial charge in [0.2, 0.25) is 11.8 Å². The van der Waals surface area contributed by atoms with Crippen molar-refractivity contribution in [2.75, 3.05) is 5.32 Å². The number of oxazole rings is 1. The van der Waals surface area contributed by atoms with E-state index >= 15 is 0 Å². The largest absolute Gasteiger partial charge is 0.491 e. The molecule has 0 unspecified atom stereocenters. The second-order valence-electron chi connectivity index (χ2n) is 9.23. The smallest absolute Gasteiger partial charge is 0.226 e. The minimum atomic E-state index is 0.125. The maximum atomic E-state index is 6.17. The molecule has 1 saturated carbocycles. The standard InChI is InChI=1S/C26H34N4O3/c1-16(2)32-22-12-8-20(9-13-22)23-14-27-26(29-21-10-6-17(3)7-11-21)30-25(23)31-15-24-18(4)33-19(5)28-24/h8-9,12-14,16-17,21H,6-7,10-11,15H2,1-5H3,(H,27,29,30). The lowest BCUT2D eigenvalue weighted by Gasteiger charge is -2.27. The van der Waals surface area contributed by atoms with Crippen LogP contribution < -0.4 is 14.8 Å². The monoisotopic (exact) mass is 450 g/mol. The van der Waals surface area contributed by atoms with E-state index < -0.39 is 0 Å². The van der Waals surface area contributed by atoms with E-state index in [2.05, 4.69) is 22.2 Å². The summed E-state index contributed by atoms with van der Waals surface area (Å²) in [5.74, 6) is 4.13. The molecule has 0 amide bonds. The first kappa shape index (κ1) is 23.1. The first-order chi connectivity index (χ1) is 15.9.